The maximum Gasteiger partial charge on any atom is 0.222 e. The number of aromatic nitrogens is 2. The number of carbonyl (C=O) groups is 1. The van der Waals surface area contributed by atoms with Crippen molar-refractivity contribution in [3.05, 3.63) is 17.0 Å². The van der Waals surface area contributed by atoms with Gasteiger partial charge in [-0.2, -0.15) is 0 Å². The maximum absolute atomic E-state index is 11.5. The molecule has 0 unspecified atom stereocenters. The number of hydrogen-bond donors (Lipinski definition) is 2. The normalized spacial score (nSPS) is 11.1. The molecule has 0 radical (unpaired) electrons. The third-order valence-corrected chi connectivity index (χ3v) is 2.24. The third kappa shape index (κ3) is 6.21. The van der Waals surface area contributed by atoms with Crippen molar-refractivity contribution in [2.45, 2.75) is 32.7 Å². The first-order valence-corrected chi connectivity index (χ1v) is 6.18. The Morgan fingerprint density at radius 1 is 1.41 bits per heavy atom. The Labute approximate surface area is 110 Å². The summed E-state index contributed by atoms with van der Waals surface area (Å²) in [7, 11) is 0. The number of hydrogen-bond acceptors (Lipinski definition) is 4. The van der Waals surface area contributed by atoms with E-state index in [0.717, 1.165) is 0 Å². The van der Waals surface area contributed by atoms with Crippen molar-refractivity contribution in [1.82, 2.24) is 15.3 Å². The molecular weight excluding hydrogens is 284 g/mol. The molecule has 0 saturated heterocycles. The number of anilines is 1. The summed E-state index contributed by atoms with van der Waals surface area (Å²) in [6, 6.07) is 1.77. The van der Waals surface area contributed by atoms with E-state index in [-0.39, 0.29) is 11.4 Å². The molecule has 0 saturated carbocycles. The minimum atomic E-state index is -0.185. The standard InChI is InChI=1S/C11H17BrN4O/c1-11(2,3)16-10(17)4-5-13-9-6-8(12)14-7-15-9/h6-7H,4-5H2,1-3H3,(H,16,17)(H,13,14,15). The molecule has 1 rings (SSSR count). The molecule has 0 aliphatic carbocycles. The van der Waals surface area contributed by atoms with Gasteiger partial charge in [0.05, 0.1) is 0 Å². The van der Waals surface area contributed by atoms with Gasteiger partial charge in [0.15, 0.2) is 0 Å². The molecule has 0 aliphatic heterocycles. The zero-order valence-corrected chi connectivity index (χ0v) is 11.8. The van der Waals surface area contributed by atoms with Crippen LogP contribution >= 0.6 is 15.9 Å². The Hall–Kier alpha value is -1.17. The molecule has 1 amide bonds. The number of nitrogens with one attached hydrogen (secondary N) is 2. The zero-order chi connectivity index (χ0) is 12.9. The summed E-state index contributed by atoms with van der Waals surface area (Å²) in [5.74, 6) is 0.730. The van der Waals surface area contributed by atoms with Crippen molar-refractivity contribution in [1.29, 1.82) is 0 Å². The highest BCUT2D eigenvalue weighted by Gasteiger charge is 2.12. The van der Waals surface area contributed by atoms with Gasteiger partial charge in [0.2, 0.25) is 5.91 Å². The van der Waals surface area contributed by atoms with Crippen molar-refractivity contribution >= 4 is 27.7 Å². The van der Waals surface area contributed by atoms with E-state index in [4.69, 9.17) is 0 Å². The molecule has 1 aromatic heterocycles. The van der Waals surface area contributed by atoms with Gasteiger partial charge in [0, 0.05) is 24.6 Å². The smallest absolute Gasteiger partial charge is 0.222 e. The highest BCUT2D eigenvalue weighted by Crippen LogP contribution is 2.09. The first-order valence-electron chi connectivity index (χ1n) is 5.39. The van der Waals surface area contributed by atoms with Crippen LogP contribution in [0.2, 0.25) is 0 Å². The second-order valence-electron chi connectivity index (χ2n) is 4.70. The van der Waals surface area contributed by atoms with Gasteiger partial charge in [-0.1, -0.05) is 0 Å². The average molecular weight is 301 g/mol. The Kier molecular flexibility index (Phi) is 4.86. The van der Waals surface area contributed by atoms with Crippen LogP contribution in [0.3, 0.4) is 0 Å². The molecule has 0 aromatic carbocycles. The fourth-order valence-electron chi connectivity index (χ4n) is 1.22. The van der Waals surface area contributed by atoms with Crippen LogP contribution in [-0.2, 0) is 4.79 Å². The van der Waals surface area contributed by atoms with Crippen LogP contribution in [0.5, 0.6) is 0 Å². The van der Waals surface area contributed by atoms with Gasteiger partial charge in [0.25, 0.3) is 0 Å². The minimum Gasteiger partial charge on any atom is -0.369 e. The van der Waals surface area contributed by atoms with Crippen molar-refractivity contribution in [3.63, 3.8) is 0 Å². The van der Waals surface area contributed by atoms with E-state index in [1.54, 1.807) is 6.07 Å². The lowest BCUT2D eigenvalue weighted by Crippen LogP contribution is -2.41. The summed E-state index contributed by atoms with van der Waals surface area (Å²) in [6.45, 7) is 6.42. The summed E-state index contributed by atoms with van der Waals surface area (Å²) in [6.07, 6.45) is 1.88. The zero-order valence-electron chi connectivity index (χ0n) is 10.2. The highest BCUT2D eigenvalue weighted by atomic mass is 79.9. The van der Waals surface area contributed by atoms with Gasteiger partial charge in [-0.25, -0.2) is 9.97 Å². The lowest BCUT2D eigenvalue weighted by Gasteiger charge is -2.20. The molecule has 1 heterocycles. The Morgan fingerprint density at radius 2 is 2.12 bits per heavy atom. The number of nitrogens with zero attached hydrogens (tertiary/aromatic N) is 2. The van der Waals surface area contributed by atoms with Gasteiger partial charge in [-0.05, 0) is 36.7 Å². The van der Waals surface area contributed by atoms with Crippen molar-refractivity contribution < 1.29 is 4.79 Å². The fourth-order valence-corrected chi connectivity index (χ4v) is 1.52. The van der Waals surface area contributed by atoms with Gasteiger partial charge in [-0.15, -0.1) is 0 Å². The van der Waals surface area contributed by atoms with Crippen molar-refractivity contribution in [2.24, 2.45) is 0 Å². The van der Waals surface area contributed by atoms with Crippen LogP contribution in [0.1, 0.15) is 27.2 Å². The van der Waals surface area contributed by atoms with Gasteiger partial charge >= 0.3 is 0 Å². The van der Waals surface area contributed by atoms with E-state index >= 15 is 0 Å². The molecule has 1 aromatic rings. The maximum atomic E-state index is 11.5. The molecule has 94 valence electrons. The van der Waals surface area contributed by atoms with Crippen LogP contribution in [-0.4, -0.2) is 28.0 Å². The molecule has 0 atom stereocenters. The Balaban J connectivity index is 2.31. The number of rotatable bonds is 4. The quantitative estimate of drug-likeness (QED) is 0.834. The summed E-state index contributed by atoms with van der Waals surface area (Å²) < 4.78 is 0.717. The fraction of sp³-hybridized carbons (Fsp3) is 0.545. The van der Waals surface area contributed by atoms with Gasteiger partial charge in [-0.3, -0.25) is 4.79 Å². The van der Waals surface area contributed by atoms with Crippen LogP contribution in [0.15, 0.2) is 17.0 Å². The Morgan fingerprint density at radius 3 is 2.71 bits per heavy atom. The lowest BCUT2D eigenvalue weighted by molar-refractivity contribution is -0.122. The molecule has 5 nitrogen and oxygen atoms in total. The number of amides is 1. The molecule has 0 bridgehead atoms. The molecule has 0 fully saturated rings. The summed E-state index contributed by atoms with van der Waals surface area (Å²) >= 11 is 3.25. The van der Waals surface area contributed by atoms with Gasteiger partial charge < -0.3 is 10.6 Å². The lowest BCUT2D eigenvalue weighted by atomic mass is 10.1. The van der Waals surface area contributed by atoms with Crippen LogP contribution in [0, 0.1) is 0 Å². The molecule has 6 heteroatoms. The van der Waals surface area contributed by atoms with Crippen molar-refractivity contribution in [3.8, 4) is 0 Å². The predicted molar refractivity (Wildman–Crippen MR) is 70.7 cm³/mol. The second kappa shape index (κ2) is 5.95. The van der Waals surface area contributed by atoms with Crippen LogP contribution in [0.4, 0.5) is 5.82 Å². The number of carbonyl (C=O) groups excluding carboxylic acids is 1. The number of halogens is 1. The van der Waals surface area contributed by atoms with Gasteiger partial charge in [0.1, 0.15) is 16.7 Å². The minimum absolute atomic E-state index is 0.0260. The molecule has 0 spiro atoms. The molecular formula is C11H17BrN4O. The second-order valence-corrected chi connectivity index (χ2v) is 5.51. The van der Waals surface area contributed by atoms with E-state index < -0.39 is 0 Å². The Bertz CT molecular complexity index is 389. The topological polar surface area (TPSA) is 66.9 Å². The average Bonchev–Trinajstić information content (AvgIpc) is 2.14. The van der Waals surface area contributed by atoms with Crippen LogP contribution < -0.4 is 10.6 Å². The molecule has 2 N–H and O–H groups in total. The van der Waals surface area contributed by atoms with Crippen molar-refractivity contribution in [2.75, 3.05) is 11.9 Å². The molecule has 17 heavy (non-hydrogen) atoms. The predicted octanol–water partition coefficient (Wildman–Crippen LogP) is 1.96. The summed E-state index contributed by atoms with van der Waals surface area (Å²) in [4.78, 5) is 19.5. The van der Waals surface area contributed by atoms with E-state index in [1.165, 1.54) is 6.33 Å². The summed E-state index contributed by atoms with van der Waals surface area (Å²) in [5.41, 5.74) is -0.185. The van der Waals surface area contributed by atoms with E-state index in [0.29, 0.717) is 23.4 Å². The van der Waals surface area contributed by atoms with E-state index in [1.807, 2.05) is 20.8 Å². The van der Waals surface area contributed by atoms with E-state index in [2.05, 4.69) is 36.5 Å². The largest absolute Gasteiger partial charge is 0.369 e. The SMILES string of the molecule is CC(C)(C)NC(=O)CCNc1cc(Br)ncn1. The van der Waals surface area contributed by atoms with E-state index in [9.17, 15) is 4.79 Å². The molecule has 0 aliphatic rings. The highest BCUT2D eigenvalue weighted by molar-refractivity contribution is 9.10. The third-order valence-electron chi connectivity index (χ3n) is 1.81. The monoisotopic (exact) mass is 300 g/mol. The first-order chi connectivity index (χ1) is 7.87. The first kappa shape index (κ1) is 13.9. The summed E-state index contributed by atoms with van der Waals surface area (Å²) in [5, 5.41) is 5.96. The van der Waals surface area contributed by atoms with Crippen LogP contribution in [0.25, 0.3) is 0 Å².